The number of benzene rings is 1. The number of nitrogens with zero attached hydrogens (tertiary/aromatic N) is 5. The summed E-state index contributed by atoms with van der Waals surface area (Å²) < 4.78 is 7.63. The van der Waals surface area contributed by atoms with Crippen LogP contribution in [-0.4, -0.2) is 56.9 Å². The summed E-state index contributed by atoms with van der Waals surface area (Å²) in [6, 6.07) is 14.2. The van der Waals surface area contributed by atoms with Gasteiger partial charge in [0.1, 0.15) is 5.25 Å². The minimum atomic E-state index is -0.365. The molecule has 1 saturated carbocycles. The normalized spacial score (nSPS) is 17.7. The summed E-state index contributed by atoms with van der Waals surface area (Å²) in [5, 5.41) is 9.42. The van der Waals surface area contributed by atoms with E-state index < -0.39 is 0 Å². The molecular weight excluding hydrogens is 398 g/mol. The van der Waals surface area contributed by atoms with Crippen molar-refractivity contribution in [1.29, 1.82) is 0 Å². The van der Waals surface area contributed by atoms with E-state index in [9.17, 15) is 4.79 Å². The Morgan fingerprint density at radius 2 is 1.77 bits per heavy atom. The van der Waals surface area contributed by atoms with Crippen molar-refractivity contribution in [2.45, 2.75) is 29.3 Å². The highest BCUT2D eigenvalue weighted by Crippen LogP contribution is 2.44. The molecule has 1 amide bonds. The number of pyridine rings is 1. The van der Waals surface area contributed by atoms with E-state index >= 15 is 0 Å². The van der Waals surface area contributed by atoms with Gasteiger partial charge in [-0.25, -0.2) is 0 Å². The van der Waals surface area contributed by atoms with Crippen LogP contribution in [0.1, 0.15) is 29.7 Å². The van der Waals surface area contributed by atoms with Crippen molar-refractivity contribution in [3.63, 3.8) is 0 Å². The number of morpholine rings is 1. The molecular formula is C22H23N5O2S. The lowest BCUT2D eigenvalue weighted by molar-refractivity contribution is -0.134. The number of hydrogen-bond donors (Lipinski definition) is 0. The zero-order valence-corrected chi connectivity index (χ0v) is 17.4. The summed E-state index contributed by atoms with van der Waals surface area (Å²) in [5.41, 5.74) is 1.97. The van der Waals surface area contributed by atoms with Gasteiger partial charge in [0, 0.05) is 37.1 Å². The molecule has 1 aliphatic carbocycles. The molecule has 7 nitrogen and oxygen atoms in total. The van der Waals surface area contributed by atoms with Crippen LogP contribution in [0, 0.1) is 0 Å². The van der Waals surface area contributed by atoms with Crippen LogP contribution in [0.3, 0.4) is 0 Å². The topological polar surface area (TPSA) is 73.1 Å². The molecule has 1 saturated heterocycles. The molecule has 3 aromatic rings. The Kier molecular flexibility index (Phi) is 5.50. The molecule has 30 heavy (non-hydrogen) atoms. The molecule has 0 unspecified atom stereocenters. The first-order chi connectivity index (χ1) is 14.8. The van der Waals surface area contributed by atoms with Crippen LogP contribution in [0.15, 0.2) is 60.0 Å². The number of carbonyl (C=O) groups is 1. The lowest BCUT2D eigenvalue weighted by atomic mass is 10.1. The summed E-state index contributed by atoms with van der Waals surface area (Å²) in [4.78, 5) is 19.5. The third-order valence-electron chi connectivity index (χ3n) is 5.39. The average Bonchev–Trinajstić information content (AvgIpc) is 3.58. The zero-order chi connectivity index (χ0) is 20.3. The monoisotopic (exact) mass is 421 g/mol. The third kappa shape index (κ3) is 3.97. The predicted molar refractivity (Wildman–Crippen MR) is 114 cm³/mol. The molecule has 154 valence electrons. The van der Waals surface area contributed by atoms with Crippen molar-refractivity contribution in [2.24, 2.45) is 0 Å². The molecule has 0 N–H and O–H groups in total. The lowest BCUT2D eigenvalue weighted by Crippen LogP contribution is -2.42. The fourth-order valence-corrected chi connectivity index (χ4v) is 4.85. The minimum absolute atomic E-state index is 0.102. The van der Waals surface area contributed by atoms with Gasteiger partial charge in [0.2, 0.25) is 5.91 Å². The largest absolute Gasteiger partial charge is 0.378 e. The van der Waals surface area contributed by atoms with Gasteiger partial charge in [0.25, 0.3) is 0 Å². The Morgan fingerprint density at radius 3 is 2.47 bits per heavy atom. The van der Waals surface area contributed by atoms with E-state index in [0.29, 0.717) is 32.3 Å². The quantitative estimate of drug-likeness (QED) is 0.568. The van der Waals surface area contributed by atoms with Gasteiger partial charge in [0.05, 0.1) is 13.2 Å². The van der Waals surface area contributed by atoms with Crippen LogP contribution in [-0.2, 0) is 9.53 Å². The molecule has 1 atom stereocenters. The second-order valence-electron chi connectivity index (χ2n) is 7.49. The first-order valence-corrected chi connectivity index (χ1v) is 11.1. The van der Waals surface area contributed by atoms with Gasteiger partial charge in [0.15, 0.2) is 11.0 Å². The van der Waals surface area contributed by atoms with Crippen LogP contribution in [0.2, 0.25) is 0 Å². The summed E-state index contributed by atoms with van der Waals surface area (Å²) in [6.07, 6.45) is 5.75. The van der Waals surface area contributed by atoms with Gasteiger partial charge >= 0.3 is 0 Å². The Balaban J connectivity index is 1.49. The number of aromatic nitrogens is 4. The van der Waals surface area contributed by atoms with Crippen LogP contribution in [0.5, 0.6) is 0 Å². The summed E-state index contributed by atoms with van der Waals surface area (Å²) >= 11 is 1.50. The molecule has 5 rings (SSSR count). The number of amides is 1. The van der Waals surface area contributed by atoms with Gasteiger partial charge in [-0.3, -0.25) is 14.3 Å². The van der Waals surface area contributed by atoms with Crippen LogP contribution in [0.25, 0.3) is 11.4 Å². The number of carbonyl (C=O) groups excluding carboxylic acids is 1. The van der Waals surface area contributed by atoms with Crippen molar-refractivity contribution in [2.75, 3.05) is 26.3 Å². The van der Waals surface area contributed by atoms with Crippen molar-refractivity contribution in [3.8, 4) is 11.4 Å². The van der Waals surface area contributed by atoms with Gasteiger partial charge in [-0.15, -0.1) is 10.2 Å². The van der Waals surface area contributed by atoms with Gasteiger partial charge in [-0.1, -0.05) is 42.1 Å². The summed E-state index contributed by atoms with van der Waals surface area (Å²) in [6.45, 7) is 2.42. The van der Waals surface area contributed by atoms with E-state index in [1.165, 1.54) is 11.8 Å². The Labute approximate surface area is 179 Å². The maximum atomic E-state index is 13.5. The second kappa shape index (κ2) is 8.57. The molecule has 0 bridgehead atoms. The van der Waals surface area contributed by atoms with E-state index in [0.717, 1.165) is 34.9 Å². The molecule has 2 fully saturated rings. The van der Waals surface area contributed by atoms with E-state index in [2.05, 4.69) is 19.7 Å². The van der Waals surface area contributed by atoms with Crippen molar-refractivity contribution < 1.29 is 9.53 Å². The third-order valence-corrected chi connectivity index (χ3v) is 6.59. The SMILES string of the molecule is O=C([C@@H](Sc1nnc(-c2ccncc2)n1C1CC1)c1ccccc1)N1CCOCC1. The maximum absolute atomic E-state index is 13.5. The molecule has 1 aromatic carbocycles. The highest BCUT2D eigenvalue weighted by atomic mass is 32.2. The van der Waals surface area contributed by atoms with Gasteiger partial charge < -0.3 is 9.64 Å². The zero-order valence-electron chi connectivity index (χ0n) is 16.6. The maximum Gasteiger partial charge on any atom is 0.240 e. The smallest absolute Gasteiger partial charge is 0.240 e. The van der Waals surface area contributed by atoms with Gasteiger partial charge in [-0.05, 0) is 30.5 Å². The fraction of sp³-hybridized carbons (Fsp3) is 0.364. The van der Waals surface area contributed by atoms with Crippen molar-refractivity contribution in [1.82, 2.24) is 24.6 Å². The Hall–Kier alpha value is -2.71. The summed E-state index contributed by atoms with van der Waals surface area (Å²) in [7, 11) is 0. The van der Waals surface area contributed by atoms with E-state index in [-0.39, 0.29) is 11.2 Å². The second-order valence-corrected chi connectivity index (χ2v) is 8.56. The fourth-order valence-electron chi connectivity index (χ4n) is 3.66. The molecule has 8 heteroatoms. The average molecular weight is 422 g/mol. The Morgan fingerprint density at radius 1 is 1.03 bits per heavy atom. The molecule has 0 spiro atoms. The Bertz CT molecular complexity index is 1000. The van der Waals surface area contributed by atoms with E-state index in [1.54, 1.807) is 12.4 Å². The van der Waals surface area contributed by atoms with E-state index in [1.807, 2.05) is 47.4 Å². The first kappa shape index (κ1) is 19.3. The highest BCUT2D eigenvalue weighted by molar-refractivity contribution is 8.00. The van der Waals surface area contributed by atoms with E-state index in [4.69, 9.17) is 4.74 Å². The van der Waals surface area contributed by atoms with Crippen molar-refractivity contribution in [3.05, 3.63) is 60.4 Å². The molecule has 2 aliphatic rings. The first-order valence-electron chi connectivity index (χ1n) is 10.2. The lowest BCUT2D eigenvalue weighted by Gasteiger charge is -2.30. The van der Waals surface area contributed by atoms with Crippen LogP contribution >= 0.6 is 11.8 Å². The molecule has 3 heterocycles. The highest BCUT2D eigenvalue weighted by Gasteiger charge is 2.34. The number of rotatable bonds is 6. The van der Waals surface area contributed by atoms with Gasteiger partial charge in [-0.2, -0.15) is 0 Å². The minimum Gasteiger partial charge on any atom is -0.378 e. The standard InChI is InChI=1S/C22H23N5O2S/c28-21(26-12-14-29-15-13-26)19(16-4-2-1-3-5-16)30-22-25-24-20(27(22)18-6-7-18)17-8-10-23-11-9-17/h1-5,8-11,18-19H,6-7,12-15H2/t19-/m0/s1. The van der Waals surface area contributed by atoms with Crippen LogP contribution < -0.4 is 0 Å². The number of ether oxygens (including phenoxy) is 1. The van der Waals surface area contributed by atoms with Crippen LogP contribution in [0.4, 0.5) is 0 Å². The summed E-state index contributed by atoms with van der Waals surface area (Å²) in [5.74, 6) is 0.943. The molecule has 0 radical (unpaired) electrons. The predicted octanol–water partition coefficient (Wildman–Crippen LogP) is 3.37. The molecule has 1 aliphatic heterocycles. The van der Waals surface area contributed by atoms with Crippen molar-refractivity contribution >= 4 is 17.7 Å². The number of hydrogen-bond acceptors (Lipinski definition) is 6. The number of thioether (sulfide) groups is 1. The molecule has 2 aromatic heterocycles.